The van der Waals surface area contributed by atoms with Crippen LogP contribution in [-0.2, 0) is 17.6 Å². The lowest BCUT2D eigenvalue weighted by molar-refractivity contribution is -0.131. The zero-order valence-electron chi connectivity index (χ0n) is 11.8. The van der Waals surface area contributed by atoms with Crippen molar-refractivity contribution in [1.82, 2.24) is 15.5 Å². The van der Waals surface area contributed by atoms with E-state index in [2.05, 4.69) is 15.5 Å². The fourth-order valence-electron chi connectivity index (χ4n) is 2.83. The number of carbonyl (C=O) groups is 1. The van der Waals surface area contributed by atoms with E-state index in [4.69, 9.17) is 5.73 Å². The van der Waals surface area contributed by atoms with Crippen molar-refractivity contribution in [3.05, 3.63) is 17.5 Å². The average molecular weight is 264 g/mol. The number of H-pyrrole nitrogens is 1. The minimum absolute atomic E-state index is 0.108. The van der Waals surface area contributed by atoms with E-state index in [0.29, 0.717) is 6.54 Å². The van der Waals surface area contributed by atoms with Crippen molar-refractivity contribution in [3.8, 4) is 0 Å². The number of aromatic amines is 1. The lowest BCUT2D eigenvalue weighted by Crippen LogP contribution is -2.50. The fraction of sp³-hybridized carbons (Fsp3) is 0.714. The first-order valence-electron chi connectivity index (χ1n) is 7.17. The molecule has 1 unspecified atom stereocenters. The van der Waals surface area contributed by atoms with E-state index in [1.54, 1.807) is 0 Å². The predicted molar refractivity (Wildman–Crippen MR) is 74.6 cm³/mol. The molecule has 0 aromatic carbocycles. The smallest absolute Gasteiger partial charge is 0.227 e. The van der Waals surface area contributed by atoms with Gasteiger partial charge in [-0.2, -0.15) is 5.10 Å². The van der Waals surface area contributed by atoms with Gasteiger partial charge in [-0.15, -0.1) is 0 Å². The van der Waals surface area contributed by atoms with Crippen LogP contribution in [0.3, 0.4) is 0 Å². The molecule has 0 spiro atoms. The summed E-state index contributed by atoms with van der Waals surface area (Å²) < 4.78 is 0. The maximum absolute atomic E-state index is 12.5. The molecular weight excluding hydrogens is 240 g/mol. The zero-order chi connectivity index (χ0) is 13.9. The van der Waals surface area contributed by atoms with E-state index in [1.165, 1.54) is 11.3 Å². The Hall–Kier alpha value is -1.36. The van der Waals surface area contributed by atoms with Crippen LogP contribution in [0.2, 0.25) is 0 Å². The van der Waals surface area contributed by atoms with Gasteiger partial charge in [0.1, 0.15) is 0 Å². The molecule has 0 saturated carbocycles. The Morgan fingerprint density at radius 2 is 2.32 bits per heavy atom. The zero-order valence-corrected chi connectivity index (χ0v) is 11.8. The molecule has 0 bridgehead atoms. The standard InChI is InChI=1S/C14H24N4O/c1-3-14(4-2,9-15)13(19)17-11-5-6-12-10(7-11)8-16-18-12/h8,11H,3-7,9,15H2,1-2H3,(H,16,18)(H,17,19). The summed E-state index contributed by atoms with van der Waals surface area (Å²) in [6.45, 7) is 4.48. The molecule has 1 amide bonds. The Labute approximate surface area is 114 Å². The van der Waals surface area contributed by atoms with Gasteiger partial charge in [0.05, 0.1) is 11.6 Å². The van der Waals surface area contributed by atoms with Crippen LogP contribution in [0.5, 0.6) is 0 Å². The van der Waals surface area contributed by atoms with Gasteiger partial charge in [0.15, 0.2) is 0 Å². The minimum atomic E-state index is -0.406. The van der Waals surface area contributed by atoms with Gasteiger partial charge in [-0.25, -0.2) is 0 Å². The van der Waals surface area contributed by atoms with Crippen LogP contribution in [0.15, 0.2) is 6.20 Å². The maximum atomic E-state index is 12.5. The Balaban J connectivity index is 2.00. The molecule has 2 rings (SSSR count). The first kappa shape index (κ1) is 14.1. The Kier molecular flexibility index (Phi) is 4.24. The molecule has 4 N–H and O–H groups in total. The van der Waals surface area contributed by atoms with Gasteiger partial charge in [0.25, 0.3) is 0 Å². The number of nitrogens with zero attached hydrogens (tertiary/aromatic N) is 1. The number of aryl methyl sites for hydroxylation is 1. The molecule has 5 nitrogen and oxygen atoms in total. The van der Waals surface area contributed by atoms with Gasteiger partial charge in [0, 0.05) is 18.3 Å². The molecule has 0 fully saturated rings. The van der Waals surface area contributed by atoms with Crippen molar-refractivity contribution in [2.24, 2.45) is 11.1 Å². The first-order chi connectivity index (χ1) is 9.15. The van der Waals surface area contributed by atoms with E-state index >= 15 is 0 Å². The predicted octanol–water partition coefficient (Wildman–Crippen LogP) is 1.15. The van der Waals surface area contributed by atoms with Crippen LogP contribution < -0.4 is 11.1 Å². The first-order valence-corrected chi connectivity index (χ1v) is 7.17. The number of rotatable bonds is 5. The van der Waals surface area contributed by atoms with Gasteiger partial charge in [-0.3, -0.25) is 9.89 Å². The second-order valence-corrected chi connectivity index (χ2v) is 5.48. The third kappa shape index (κ3) is 2.66. The highest BCUT2D eigenvalue weighted by molar-refractivity contribution is 5.83. The van der Waals surface area contributed by atoms with Gasteiger partial charge >= 0.3 is 0 Å². The summed E-state index contributed by atoms with van der Waals surface area (Å²) in [6.07, 6.45) is 6.23. The molecule has 0 radical (unpaired) electrons. The Bertz CT molecular complexity index is 428. The number of fused-ring (bicyclic) bond motifs is 1. The molecule has 0 aliphatic heterocycles. The summed E-state index contributed by atoms with van der Waals surface area (Å²) in [4.78, 5) is 12.5. The minimum Gasteiger partial charge on any atom is -0.353 e. The summed E-state index contributed by atoms with van der Waals surface area (Å²) in [7, 11) is 0. The SMILES string of the molecule is CCC(CC)(CN)C(=O)NC1CCc2[nH]ncc2C1. The summed E-state index contributed by atoms with van der Waals surface area (Å²) >= 11 is 0. The number of amides is 1. The van der Waals surface area contributed by atoms with Crippen LogP contribution in [0.25, 0.3) is 0 Å². The van der Waals surface area contributed by atoms with Crippen molar-refractivity contribution in [1.29, 1.82) is 0 Å². The number of carbonyl (C=O) groups excluding carboxylic acids is 1. The highest BCUT2D eigenvalue weighted by atomic mass is 16.2. The van der Waals surface area contributed by atoms with E-state index in [9.17, 15) is 4.79 Å². The van der Waals surface area contributed by atoms with Crippen molar-refractivity contribution in [2.45, 2.75) is 52.0 Å². The molecule has 19 heavy (non-hydrogen) atoms. The van der Waals surface area contributed by atoms with Gasteiger partial charge in [-0.05, 0) is 37.7 Å². The Morgan fingerprint density at radius 1 is 1.58 bits per heavy atom. The lowest BCUT2D eigenvalue weighted by Gasteiger charge is -2.32. The maximum Gasteiger partial charge on any atom is 0.227 e. The van der Waals surface area contributed by atoms with E-state index in [-0.39, 0.29) is 11.9 Å². The largest absolute Gasteiger partial charge is 0.353 e. The molecule has 0 saturated heterocycles. The van der Waals surface area contributed by atoms with E-state index in [1.807, 2.05) is 20.0 Å². The molecule has 5 heteroatoms. The van der Waals surface area contributed by atoms with Crippen LogP contribution in [-0.4, -0.2) is 28.7 Å². The highest BCUT2D eigenvalue weighted by Crippen LogP contribution is 2.26. The number of hydrogen-bond acceptors (Lipinski definition) is 3. The molecule has 1 atom stereocenters. The molecule has 106 valence electrons. The number of hydrogen-bond donors (Lipinski definition) is 3. The fourth-order valence-corrected chi connectivity index (χ4v) is 2.83. The normalized spacial score (nSPS) is 19.0. The monoisotopic (exact) mass is 264 g/mol. The van der Waals surface area contributed by atoms with Gasteiger partial charge in [-0.1, -0.05) is 13.8 Å². The number of aromatic nitrogens is 2. The number of nitrogens with two attached hydrogens (primary N) is 1. The van der Waals surface area contributed by atoms with Crippen LogP contribution in [0, 0.1) is 5.41 Å². The van der Waals surface area contributed by atoms with Crippen LogP contribution in [0.1, 0.15) is 44.4 Å². The summed E-state index contributed by atoms with van der Waals surface area (Å²) in [6, 6.07) is 0.210. The third-order valence-corrected chi connectivity index (χ3v) is 4.58. The van der Waals surface area contributed by atoms with E-state index < -0.39 is 5.41 Å². The molecule has 1 aromatic heterocycles. The quantitative estimate of drug-likeness (QED) is 0.746. The van der Waals surface area contributed by atoms with Gasteiger partial charge < -0.3 is 11.1 Å². The average Bonchev–Trinajstić information content (AvgIpc) is 2.89. The Morgan fingerprint density at radius 3 is 2.95 bits per heavy atom. The van der Waals surface area contributed by atoms with E-state index in [0.717, 1.165) is 32.1 Å². The van der Waals surface area contributed by atoms with Crippen molar-refractivity contribution < 1.29 is 4.79 Å². The van der Waals surface area contributed by atoms with Crippen LogP contribution >= 0.6 is 0 Å². The third-order valence-electron chi connectivity index (χ3n) is 4.58. The molecule has 1 aliphatic rings. The second kappa shape index (κ2) is 5.74. The van der Waals surface area contributed by atoms with Gasteiger partial charge in [0.2, 0.25) is 5.91 Å². The topological polar surface area (TPSA) is 83.8 Å². The lowest BCUT2D eigenvalue weighted by atomic mass is 9.80. The highest BCUT2D eigenvalue weighted by Gasteiger charge is 2.35. The number of nitrogens with one attached hydrogen (secondary N) is 2. The molecule has 1 aromatic rings. The van der Waals surface area contributed by atoms with Crippen molar-refractivity contribution in [3.63, 3.8) is 0 Å². The molecule has 1 heterocycles. The van der Waals surface area contributed by atoms with Crippen molar-refractivity contribution in [2.75, 3.05) is 6.54 Å². The molecule has 1 aliphatic carbocycles. The summed E-state index contributed by atoms with van der Waals surface area (Å²) in [5.41, 5.74) is 7.85. The molecular formula is C14H24N4O. The summed E-state index contributed by atoms with van der Waals surface area (Å²) in [5, 5.41) is 10.3. The second-order valence-electron chi connectivity index (χ2n) is 5.48. The van der Waals surface area contributed by atoms with Crippen molar-refractivity contribution >= 4 is 5.91 Å². The van der Waals surface area contributed by atoms with Crippen LogP contribution in [0.4, 0.5) is 0 Å². The summed E-state index contributed by atoms with van der Waals surface area (Å²) in [5.74, 6) is 0.108.